The minimum absolute atomic E-state index is 0.0217. The third-order valence-electron chi connectivity index (χ3n) is 6.00. The lowest BCUT2D eigenvalue weighted by molar-refractivity contribution is -0.141. The maximum absolute atomic E-state index is 13.4. The molecule has 0 N–H and O–H groups in total. The van der Waals surface area contributed by atoms with Gasteiger partial charge in [-0.3, -0.25) is 14.4 Å². The molecule has 2 aliphatic rings. The molecule has 1 aliphatic carbocycles. The van der Waals surface area contributed by atoms with Crippen LogP contribution in [0.4, 0.5) is 5.69 Å². The third-order valence-corrected chi connectivity index (χ3v) is 6.72. The van der Waals surface area contributed by atoms with E-state index in [9.17, 15) is 14.4 Å². The quantitative estimate of drug-likeness (QED) is 0.440. The van der Waals surface area contributed by atoms with Crippen LogP contribution in [0.5, 0.6) is 0 Å². The molecule has 1 unspecified atom stereocenters. The Kier molecular flexibility index (Phi) is 6.51. The van der Waals surface area contributed by atoms with Crippen LogP contribution in [-0.4, -0.2) is 34.7 Å². The van der Waals surface area contributed by atoms with Crippen LogP contribution in [0.15, 0.2) is 54.6 Å². The number of halogens is 1. The molecule has 2 aromatic rings. The molecule has 4 rings (SSSR count). The molecular formula is C24H25IN2O3. The SMILES string of the molecule is O=C1CC(N(C(=O)Cc2ccccc2)C2CCCCC2)C(=O)N1c1ccc(I)cc1. The van der Waals surface area contributed by atoms with E-state index >= 15 is 0 Å². The maximum atomic E-state index is 13.4. The Morgan fingerprint density at radius 1 is 0.967 bits per heavy atom. The number of hydrogen-bond acceptors (Lipinski definition) is 3. The van der Waals surface area contributed by atoms with E-state index in [2.05, 4.69) is 22.6 Å². The van der Waals surface area contributed by atoms with Gasteiger partial charge in [0, 0.05) is 9.61 Å². The van der Waals surface area contributed by atoms with Crippen molar-refractivity contribution >= 4 is 46.0 Å². The standard InChI is InChI=1S/C24H25IN2O3/c25-18-11-13-20(14-12-18)27-23(29)16-21(24(27)30)26(19-9-5-2-6-10-19)22(28)15-17-7-3-1-4-8-17/h1,3-4,7-8,11-14,19,21H,2,5-6,9-10,15-16H2. The number of hydrogen-bond donors (Lipinski definition) is 0. The van der Waals surface area contributed by atoms with Crippen LogP contribution >= 0.6 is 22.6 Å². The van der Waals surface area contributed by atoms with Crippen molar-refractivity contribution in [2.24, 2.45) is 0 Å². The van der Waals surface area contributed by atoms with Crippen molar-refractivity contribution in [1.29, 1.82) is 0 Å². The van der Waals surface area contributed by atoms with Crippen LogP contribution in [0, 0.1) is 3.57 Å². The molecule has 1 atom stereocenters. The van der Waals surface area contributed by atoms with Crippen molar-refractivity contribution in [2.45, 2.75) is 57.0 Å². The molecule has 1 aliphatic heterocycles. The Labute approximate surface area is 190 Å². The van der Waals surface area contributed by atoms with Crippen molar-refractivity contribution in [1.82, 2.24) is 4.90 Å². The number of carbonyl (C=O) groups excluding carboxylic acids is 3. The smallest absolute Gasteiger partial charge is 0.257 e. The fourth-order valence-corrected chi connectivity index (χ4v) is 4.91. The lowest BCUT2D eigenvalue weighted by atomic mass is 9.92. The van der Waals surface area contributed by atoms with E-state index in [0.29, 0.717) is 5.69 Å². The second kappa shape index (κ2) is 9.29. The average Bonchev–Trinajstić information content (AvgIpc) is 3.04. The molecule has 0 radical (unpaired) electrons. The van der Waals surface area contributed by atoms with E-state index in [4.69, 9.17) is 0 Å². The van der Waals surface area contributed by atoms with E-state index in [-0.39, 0.29) is 36.6 Å². The number of nitrogens with zero attached hydrogens (tertiary/aromatic N) is 2. The van der Waals surface area contributed by atoms with Gasteiger partial charge in [-0.1, -0.05) is 49.6 Å². The zero-order valence-corrected chi connectivity index (χ0v) is 19.0. The summed E-state index contributed by atoms with van der Waals surface area (Å²) in [7, 11) is 0. The molecule has 1 heterocycles. The summed E-state index contributed by atoms with van der Waals surface area (Å²) in [6.45, 7) is 0. The van der Waals surface area contributed by atoms with Crippen molar-refractivity contribution in [3.05, 3.63) is 63.7 Å². The van der Waals surface area contributed by atoms with E-state index in [1.165, 1.54) is 4.90 Å². The summed E-state index contributed by atoms with van der Waals surface area (Å²) < 4.78 is 1.04. The summed E-state index contributed by atoms with van der Waals surface area (Å²) in [6, 6.07) is 16.2. The number of benzene rings is 2. The second-order valence-electron chi connectivity index (χ2n) is 8.02. The van der Waals surface area contributed by atoms with Gasteiger partial charge >= 0.3 is 0 Å². The molecule has 2 aromatic carbocycles. The van der Waals surface area contributed by atoms with Crippen molar-refractivity contribution in [3.63, 3.8) is 0 Å². The summed E-state index contributed by atoms with van der Waals surface area (Å²) in [5.74, 6) is -0.587. The van der Waals surface area contributed by atoms with Crippen molar-refractivity contribution < 1.29 is 14.4 Å². The molecule has 1 saturated carbocycles. The Balaban J connectivity index is 1.61. The van der Waals surface area contributed by atoms with Crippen molar-refractivity contribution in [3.8, 4) is 0 Å². The van der Waals surface area contributed by atoms with E-state index < -0.39 is 6.04 Å². The Morgan fingerprint density at radius 2 is 1.63 bits per heavy atom. The molecule has 156 valence electrons. The summed E-state index contributed by atoms with van der Waals surface area (Å²) in [5.41, 5.74) is 1.50. The highest BCUT2D eigenvalue weighted by Gasteiger charge is 2.46. The molecule has 0 spiro atoms. The fourth-order valence-electron chi connectivity index (χ4n) is 4.55. The number of amides is 3. The number of rotatable bonds is 5. The average molecular weight is 516 g/mol. The summed E-state index contributed by atoms with van der Waals surface area (Å²) in [6.07, 6.45) is 5.35. The molecule has 2 fully saturated rings. The molecular weight excluding hydrogens is 491 g/mol. The molecule has 0 aromatic heterocycles. The number of anilines is 1. The van der Waals surface area contributed by atoms with Gasteiger partial charge in [0.2, 0.25) is 11.8 Å². The van der Waals surface area contributed by atoms with Crippen LogP contribution in [0.3, 0.4) is 0 Å². The first-order valence-corrected chi connectivity index (χ1v) is 11.6. The minimum Gasteiger partial charge on any atom is -0.327 e. The molecule has 1 saturated heterocycles. The summed E-state index contributed by atoms with van der Waals surface area (Å²) in [5, 5.41) is 0. The second-order valence-corrected chi connectivity index (χ2v) is 9.26. The predicted molar refractivity (Wildman–Crippen MR) is 124 cm³/mol. The van der Waals surface area contributed by atoms with Gasteiger partial charge in [-0.25, -0.2) is 4.90 Å². The van der Waals surface area contributed by atoms with Gasteiger partial charge in [-0.2, -0.15) is 0 Å². The predicted octanol–water partition coefficient (Wildman–Crippen LogP) is 4.33. The van der Waals surface area contributed by atoms with E-state index in [1.807, 2.05) is 42.5 Å². The zero-order valence-electron chi connectivity index (χ0n) is 16.8. The Morgan fingerprint density at radius 3 is 2.30 bits per heavy atom. The lowest BCUT2D eigenvalue weighted by Gasteiger charge is -2.37. The first kappa shape index (κ1) is 21.0. The van der Waals surface area contributed by atoms with Crippen LogP contribution in [0.2, 0.25) is 0 Å². The first-order valence-electron chi connectivity index (χ1n) is 10.5. The first-order chi connectivity index (χ1) is 14.5. The summed E-state index contributed by atoms with van der Waals surface area (Å²) >= 11 is 2.19. The number of carbonyl (C=O) groups is 3. The Hall–Kier alpha value is -2.22. The highest BCUT2D eigenvalue weighted by Crippen LogP contribution is 2.31. The number of imide groups is 1. The summed E-state index contributed by atoms with van der Waals surface area (Å²) in [4.78, 5) is 42.6. The van der Waals surface area contributed by atoms with Crippen molar-refractivity contribution in [2.75, 3.05) is 4.90 Å². The van der Waals surface area contributed by atoms with E-state index in [1.54, 1.807) is 17.0 Å². The third kappa shape index (κ3) is 4.43. The van der Waals surface area contributed by atoms with Crippen LogP contribution in [-0.2, 0) is 20.8 Å². The highest BCUT2D eigenvalue weighted by molar-refractivity contribution is 14.1. The monoisotopic (exact) mass is 516 g/mol. The van der Waals surface area contributed by atoms with Gasteiger partial charge in [0.25, 0.3) is 5.91 Å². The van der Waals surface area contributed by atoms with Gasteiger partial charge < -0.3 is 4.90 Å². The topological polar surface area (TPSA) is 57.7 Å². The van der Waals surface area contributed by atoms with E-state index in [0.717, 1.165) is 41.2 Å². The molecule has 30 heavy (non-hydrogen) atoms. The zero-order chi connectivity index (χ0) is 21.1. The largest absolute Gasteiger partial charge is 0.327 e. The van der Waals surface area contributed by atoms with Gasteiger partial charge in [0.15, 0.2) is 0 Å². The van der Waals surface area contributed by atoms with Gasteiger partial charge in [0.1, 0.15) is 6.04 Å². The lowest BCUT2D eigenvalue weighted by Crippen LogP contribution is -2.51. The fraction of sp³-hybridized carbons (Fsp3) is 0.375. The van der Waals surface area contributed by atoms with Crippen LogP contribution in [0.1, 0.15) is 44.1 Å². The molecule has 3 amide bonds. The minimum atomic E-state index is -0.712. The highest BCUT2D eigenvalue weighted by atomic mass is 127. The normalized spacial score (nSPS) is 19.9. The van der Waals surface area contributed by atoms with Crippen LogP contribution < -0.4 is 4.90 Å². The van der Waals surface area contributed by atoms with Gasteiger partial charge in [-0.15, -0.1) is 0 Å². The molecule has 5 nitrogen and oxygen atoms in total. The molecule has 6 heteroatoms. The van der Waals surface area contributed by atoms with Crippen LogP contribution in [0.25, 0.3) is 0 Å². The molecule has 0 bridgehead atoms. The Bertz CT molecular complexity index is 923. The maximum Gasteiger partial charge on any atom is 0.257 e. The van der Waals surface area contributed by atoms with Gasteiger partial charge in [0.05, 0.1) is 18.5 Å². The van der Waals surface area contributed by atoms with Gasteiger partial charge in [-0.05, 0) is 65.3 Å².